The van der Waals surface area contributed by atoms with Crippen LogP contribution in [-0.4, -0.2) is 70.6 Å². The van der Waals surface area contributed by atoms with E-state index in [1.807, 2.05) is 0 Å². The summed E-state index contributed by atoms with van der Waals surface area (Å²) < 4.78 is 5.30. The SMILES string of the molecule is CC1(C)c2sc(=O)[nH]c2S[C@H]2[C@H]3C[C@@H]([C@@H]4C(=O)N(CCC(=O)N5CCOCC5)C(=O)[C@@H]34)[C@@H]21. The van der Waals surface area contributed by atoms with Gasteiger partial charge in [-0.2, -0.15) is 0 Å². The fraction of sp³-hybridized carbons (Fsp3) is 0.727. The Hall–Kier alpha value is -1.65. The summed E-state index contributed by atoms with van der Waals surface area (Å²) >= 11 is 2.98. The molecule has 6 atom stereocenters. The van der Waals surface area contributed by atoms with Gasteiger partial charge in [0.15, 0.2) is 0 Å². The largest absolute Gasteiger partial charge is 0.378 e. The number of hydrogen-bond acceptors (Lipinski definition) is 7. The van der Waals surface area contributed by atoms with Crippen LogP contribution in [0.15, 0.2) is 9.82 Å². The summed E-state index contributed by atoms with van der Waals surface area (Å²) in [4.78, 5) is 58.5. The molecule has 3 amide bonds. The maximum atomic E-state index is 13.4. The molecule has 5 aliphatic rings. The minimum absolute atomic E-state index is 0.0207. The molecule has 3 aliphatic heterocycles. The second kappa shape index (κ2) is 7.17. The number of fused-ring (bicyclic) bond motifs is 9. The van der Waals surface area contributed by atoms with Crippen LogP contribution in [0.2, 0.25) is 0 Å². The van der Waals surface area contributed by atoms with Gasteiger partial charge in [-0.25, -0.2) is 0 Å². The number of carbonyl (C=O) groups excluding carboxylic acids is 3. The van der Waals surface area contributed by atoms with Gasteiger partial charge in [-0.05, 0) is 24.2 Å². The van der Waals surface area contributed by atoms with Crippen LogP contribution in [0.1, 0.15) is 31.6 Å². The van der Waals surface area contributed by atoms with Crippen molar-refractivity contribution in [3.63, 3.8) is 0 Å². The van der Waals surface area contributed by atoms with Gasteiger partial charge < -0.3 is 14.6 Å². The number of ether oxygens (including phenoxy) is 1. The molecule has 2 saturated carbocycles. The molecule has 0 aromatic carbocycles. The number of likely N-dealkylation sites (tertiary alicyclic amines) is 1. The van der Waals surface area contributed by atoms with Gasteiger partial charge in [-0.3, -0.25) is 24.1 Å². The standard InChI is InChI=1S/C22H27N3O5S2/c1-22(2)15-10-9-11(16(15)31-18-17(22)32-21(29)23-18)14-13(10)19(27)25(20(14)28)4-3-12(26)24-5-7-30-8-6-24/h10-11,13-16H,3-9H2,1-2H3,(H,23,29)/t10-,11-,13-,14-,15-,16-/m0/s1. The second-order valence-corrected chi connectivity index (χ2v) is 12.4. The normalized spacial score (nSPS) is 36.9. The van der Waals surface area contributed by atoms with Gasteiger partial charge in [0.05, 0.1) is 30.1 Å². The summed E-state index contributed by atoms with van der Waals surface area (Å²) in [6, 6.07) is 0. The number of nitrogens with zero attached hydrogens (tertiary/aromatic N) is 2. The Morgan fingerprint density at radius 3 is 2.53 bits per heavy atom. The van der Waals surface area contributed by atoms with Crippen molar-refractivity contribution in [1.82, 2.24) is 14.8 Å². The number of hydrogen-bond donors (Lipinski definition) is 1. The molecule has 0 spiro atoms. The van der Waals surface area contributed by atoms with Crippen LogP contribution in [0.3, 0.4) is 0 Å². The van der Waals surface area contributed by atoms with E-state index >= 15 is 0 Å². The summed E-state index contributed by atoms with van der Waals surface area (Å²) in [5.74, 6) is -0.186. The number of thiazole rings is 1. The van der Waals surface area contributed by atoms with Crippen LogP contribution in [0, 0.1) is 29.6 Å². The third-order valence-electron chi connectivity index (χ3n) is 8.40. The predicted octanol–water partition coefficient (Wildman–Crippen LogP) is 1.30. The van der Waals surface area contributed by atoms with Gasteiger partial charge in [0, 0.05) is 41.6 Å². The Morgan fingerprint density at radius 1 is 1.12 bits per heavy atom. The van der Waals surface area contributed by atoms with E-state index in [4.69, 9.17) is 4.74 Å². The maximum Gasteiger partial charge on any atom is 0.305 e. The molecule has 10 heteroatoms. The number of H-pyrrole nitrogens is 1. The van der Waals surface area contributed by atoms with Crippen LogP contribution in [0.5, 0.6) is 0 Å². The number of amides is 3. The number of morpholine rings is 1. The topological polar surface area (TPSA) is 99.8 Å². The molecule has 4 heterocycles. The van der Waals surface area contributed by atoms with Crippen molar-refractivity contribution in [2.45, 2.75) is 42.4 Å². The zero-order chi connectivity index (χ0) is 22.4. The molecule has 1 N–H and O–H groups in total. The Balaban J connectivity index is 1.23. The molecule has 8 nitrogen and oxygen atoms in total. The zero-order valence-electron chi connectivity index (χ0n) is 18.2. The van der Waals surface area contributed by atoms with Crippen LogP contribution >= 0.6 is 23.1 Å². The smallest absolute Gasteiger partial charge is 0.305 e. The highest BCUT2D eigenvalue weighted by Crippen LogP contribution is 2.68. The van der Waals surface area contributed by atoms with E-state index in [1.54, 1.807) is 16.7 Å². The lowest BCUT2D eigenvalue weighted by molar-refractivity contribution is -0.142. The molecule has 32 heavy (non-hydrogen) atoms. The minimum Gasteiger partial charge on any atom is -0.378 e. The van der Waals surface area contributed by atoms with E-state index < -0.39 is 0 Å². The summed E-state index contributed by atoms with van der Waals surface area (Å²) in [7, 11) is 0. The van der Waals surface area contributed by atoms with Gasteiger partial charge in [-0.1, -0.05) is 25.2 Å². The van der Waals surface area contributed by atoms with Gasteiger partial charge in [0.2, 0.25) is 17.7 Å². The molecular weight excluding hydrogens is 450 g/mol. The van der Waals surface area contributed by atoms with Crippen molar-refractivity contribution in [2.75, 3.05) is 32.8 Å². The van der Waals surface area contributed by atoms with E-state index in [2.05, 4.69) is 18.8 Å². The fourth-order valence-electron chi connectivity index (χ4n) is 7.11. The molecule has 172 valence electrons. The molecule has 1 aromatic rings. The zero-order valence-corrected chi connectivity index (χ0v) is 19.8. The van der Waals surface area contributed by atoms with Crippen LogP contribution in [0.4, 0.5) is 0 Å². The number of rotatable bonds is 3. The summed E-state index contributed by atoms with van der Waals surface area (Å²) in [6.45, 7) is 6.75. The maximum absolute atomic E-state index is 13.4. The second-order valence-electron chi connectivity index (χ2n) is 10.2. The molecule has 2 bridgehead atoms. The van der Waals surface area contributed by atoms with Crippen molar-refractivity contribution >= 4 is 40.8 Å². The van der Waals surface area contributed by atoms with Crippen molar-refractivity contribution in [2.24, 2.45) is 29.6 Å². The molecule has 2 saturated heterocycles. The summed E-state index contributed by atoms with van der Waals surface area (Å²) in [5.41, 5.74) is -0.206. The third kappa shape index (κ3) is 2.78. The fourth-order valence-corrected chi connectivity index (χ4v) is 10.3. The number of aromatic nitrogens is 1. The first-order valence-corrected chi connectivity index (χ1v) is 13.1. The molecule has 2 aliphatic carbocycles. The predicted molar refractivity (Wildman–Crippen MR) is 118 cm³/mol. The highest BCUT2D eigenvalue weighted by molar-refractivity contribution is 8.00. The molecule has 6 rings (SSSR count). The average molecular weight is 478 g/mol. The van der Waals surface area contributed by atoms with Gasteiger partial charge >= 0.3 is 4.87 Å². The summed E-state index contributed by atoms with van der Waals surface area (Å²) in [5, 5.41) is 1.18. The van der Waals surface area contributed by atoms with Crippen molar-refractivity contribution in [1.29, 1.82) is 0 Å². The number of imide groups is 1. The first-order chi connectivity index (χ1) is 15.3. The van der Waals surface area contributed by atoms with Gasteiger partial charge in [-0.15, -0.1) is 11.8 Å². The Kier molecular flexibility index (Phi) is 4.69. The average Bonchev–Trinajstić information content (AvgIpc) is 3.49. The first-order valence-electron chi connectivity index (χ1n) is 11.4. The van der Waals surface area contributed by atoms with Gasteiger partial charge in [0.1, 0.15) is 0 Å². The lowest BCUT2D eigenvalue weighted by Crippen LogP contribution is -2.48. The Bertz CT molecular complexity index is 1060. The minimum atomic E-state index is -0.276. The van der Waals surface area contributed by atoms with Gasteiger partial charge in [0.25, 0.3) is 0 Å². The van der Waals surface area contributed by atoms with Crippen molar-refractivity contribution in [3.8, 4) is 0 Å². The van der Waals surface area contributed by atoms with E-state index in [9.17, 15) is 19.2 Å². The van der Waals surface area contributed by atoms with E-state index in [0.717, 1.165) is 16.3 Å². The molecular formula is C22H27N3O5S2. The Labute approximate surface area is 194 Å². The monoisotopic (exact) mass is 477 g/mol. The number of thioether (sulfide) groups is 1. The van der Waals surface area contributed by atoms with Crippen molar-refractivity contribution < 1.29 is 19.1 Å². The molecule has 0 radical (unpaired) electrons. The van der Waals surface area contributed by atoms with Crippen LogP contribution in [-0.2, 0) is 24.5 Å². The summed E-state index contributed by atoms with van der Waals surface area (Å²) in [6.07, 6.45) is 1.08. The number of aromatic amines is 1. The van der Waals surface area contributed by atoms with E-state index in [0.29, 0.717) is 26.3 Å². The van der Waals surface area contributed by atoms with Crippen molar-refractivity contribution in [3.05, 3.63) is 14.5 Å². The quantitative estimate of drug-likeness (QED) is 0.659. The third-order valence-corrected chi connectivity index (χ3v) is 11.2. The number of carbonyl (C=O) groups is 3. The molecule has 0 unspecified atom stereocenters. The lowest BCUT2D eigenvalue weighted by atomic mass is 9.64. The highest BCUT2D eigenvalue weighted by Gasteiger charge is 2.70. The van der Waals surface area contributed by atoms with E-state index in [-0.39, 0.29) is 75.8 Å². The highest BCUT2D eigenvalue weighted by atomic mass is 32.2. The Morgan fingerprint density at radius 2 is 1.81 bits per heavy atom. The van der Waals surface area contributed by atoms with Crippen LogP contribution < -0.4 is 4.87 Å². The van der Waals surface area contributed by atoms with Crippen LogP contribution in [0.25, 0.3) is 0 Å². The van der Waals surface area contributed by atoms with E-state index in [1.165, 1.54) is 16.2 Å². The first kappa shape index (κ1) is 20.9. The molecule has 4 fully saturated rings. The lowest BCUT2D eigenvalue weighted by Gasteiger charge is -2.47. The number of nitrogens with one attached hydrogen (secondary N) is 1. The molecule has 1 aromatic heterocycles.